The molecule has 258 valence electrons. The summed E-state index contributed by atoms with van der Waals surface area (Å²) < 4.78 is 13.4. The van der Waals surface area contributed by atoms with Gasteiger partial charge in [-0.2, -0.15) is 0 Å². The smallest absolute Gasteiger partial charge is 0.161 e. The molecule has 2 heterocycles. The summed E-state index contributed by atoms with van der Waals surface area (Å²) in [6.07, 6.45) is 15.4. The number of methoxy groups -OCH3 is 2. The second kappa shape index (κ2) is 14.1. The third-order valence-corrected chi connectivity index (χ3v) is 11.7. The van der Waals surface area contributed by atoms with Crippen molar-refractivity contribution in [2.24, 2.45) is 11.8 Å². The molecule has 8 heteroatoms. The first kappa shape index (κ1) is 32.8. The summed E-state index contributed by atoms with van der Waals surface area (Å²) >= 11 is 6.26. The van der Waals surface area contributed by atoms with E-state index in [4.69, 9.17) is 31.8 Å². The van der Waals surface area contributed by atoms with Crippen molar-refractivity contribution in [3.63, 3.8) is 0 Å². The standard InChI is InChI=1S/C42H46ClN5O2/c1-49-38-22-30-12-11-29(40(28-9-4-3-5-10-28)35(30)24-39(38)50-2)13-15-33-25-48(47-46-33)17-7-6-8-26-18-27-20-31(19-26)41-37(21-27)45-36-23-32(43)14-16-34(36)42(41)44/h3-5,9-10,14,16,18,22-25,27,29,31,40H,6-8,11-13,15,17,19-21H2,1-2H3,(H2,44,45). The second-order valence-electron chi connectivity index (χ2n) is 14.5. The topological polar surface area (TPSA) is 88.1 Å². The molecule has 0 saturated carbocycles. The highest BCUT2D eigenvalue weighted by Gasteiger charge is 2.34. The maximum Gasteiger partial charge on any atom is 0.161 e. The van der Waals surface area contributed by atoms with Crippen LogP contribution in [0.15, 0.2) is 78.5 Å². The molecule has 5 aromatic rings. The zero-order chi connectivity index (χ0) is 34.2. The van der Waals surface area contributed by atoms with Crippen LogP contribution in [0.2, 0.25) is 5.02 Å². The number of aromatic nitrogens is 4. The minimum absolute atomic E-state index is 0.308. The maximum atomic E-state index is 6.77. The van der Waals surface area contributed by atoms with Gasteiger partial charge in [0.15, 0.2) is 11.5 Å². The molecule has 4 unspecified atom stereocenters. The van der Waals surface area contributed by atoms with Gasteiger partial charge < -0.3 is 15.2 Å². The van der Waals surface area contributed by atoms with Gasteiger partial charge in [0.1, 0.15) is 0 Å². The molecule has 2 bridgehead atoms. The van der Waals surface area contributed by atoms with Crippen molar-refractivity contribution in [2.75, 3.05) is 20.0 Å². The van der Waals surface area contributed by atoms with Crippen LogP contribution < -0.4 is 15.2 Å². The van der Waals surface area contributed by atoms with Crippen molar-refractivity contribution in [1.82, 2.24) is 20.0 Å². The Morgan fingerprint density at radius 3 is 2.64 bits per heavy atom. The number of aryl methyl sites for hydroxylation is 3. The first-order valence-corrected chi connectivity index (χ1v) is 18.6. The van der Waals surface area contributed by atoms with E-state index in [0.29, 0.717) is 28.7 Å². The molecule has 7 nitrogen and oxygen atoms in total. The summed E-state index contributed by atoms with van der Waals surface area (Å²) in [5, 5.41) is 10.8. The van der Waals surface area contributed by atoms with Crippen molar-refractivity contribution < 1.29 is 9.47 Å². The summed E-state index contributed by atoms with van der Waals surface area (Å²) in [6, 6.07) is 21.2. The van der Waals surface area contributed by atoms with E-state index in [-0.39, 0.29) is 0 Å². The van der Waals surface area contributed by atoms with Gasteiger partial charge in [-0.15, -0.1) is 5.10 Å². The lowest BCUT2D eigenvalue weighted by Gasteiger charge is -2.36. The molecule has 8 rings (SSSR count). The van der Waals surface area contributed by atoms with Crippen molar-refractivity contribution in [1.29, 1.82) is 0 Å². The zero-order valence-electron chi connectivity index (χ0n) is 29.1. The molecule has 3 aliphatic carbocycles. The summed E-state index contributed by atoms with van der Waals surface area (Å²) in [5.41, 5.74) is 17.8. The molecule has 0 spiro atoms. The number of ether oxygens (including phenoxy) is 2. The molecular formula is C42H46ClN5O2. The molecule has 0 fully saturated rings. The number of nitrogen functional groups attached to an aromatic ring is 1. The minimum atomic E-state index is 0.308. The number of allylic oxidation sites excluding steroid dienone is 2. The van der Waals surface area contributed by atoms with E-state index >= 15 is 0 Å². The minimum Gasteiger partial charge on any atom is -0.493 e. The average molecular weight is 688 g/mol. The van der Waals surface area contributed by atoms with Crippen molar-refractivity contribution >= 4 is 28.2 Å². The molecule has 3 aliphatic rings. The Morgan fingerprint density at radius 2 is 1.80 bits per heavy atom. The van der Waals surface area contributed by atoms with Crippen molar-refractivity contribution in [3.05, 3.63) is 117 Å². The predicted octanol–water partition coefficient (Wildman–Crippen LogP) is 9.25. The normalized spacial score (nSPS) is 21.0. The van der Waals surface area contributed by atoms with Crippen LogP contribution in [0, 0.1) is 11.8 Å². The number of fused-ring (bicyclic) bond motifs is 6. The lowest BCUT2D eigenvalue weighted by atomic mass is 9.70. The van der Waals surface area contributed by atoms with Crippen LogP contribution in [0.1, 0.15) is 90.4 Å². The molecular weight excluding hydrogens is 642 g/mol. The van der Waals surface area contributed by atoms with Gasteiger partial charge in [-0.05, 0) is 129 Å². The first-order valence-electron chi connectivity index (χ1n) is 18.2. The molecule has 3 aromatic carbocycles. The van der Waals surface area contributed by atoms with Crippen LogP contribution in [0.4, 0.5) is 5.69 Å². The summed E-state index contributed by atoms with van der Waals surface area (Å²) in [4.78, 5) is 5.02. The predicted molar refractivity (Wildman–Crippen MR) is 200 cm³/mol. The Kier molecular flexibility index (Phi) is 9.26. The highest BCUT2D eigenvalue weighted by molar-refractivity contribution is 6.31. The van der Waals surface area contributed by atoms with Gasteiger partial charge in [0.05, 0.1) is 25.4 Å². The number of nitrogens with zero attached hydrogens (tertiary/aromatic N) is 4. The number of unbranched alkanes of at least 4 members (excludes halogenated alkanes) is 1. The van der Waals surface area contributed by atoms with Crippen molar-refractivity contribution in [3.8, 4) is 11.5 Å². The summed E-state index contributed by atoms with van der Waals surface area (Å²) in [6.45, 7) is 0.895. The fraction of sp³-hybridized carbons (Fsp3) is 0.405. The number of anilines is 1. The fourth-order valence-electron chi connectivity index (χ4n) is 9.12. The number of hydrogen-bond acceptors (Lipinski definition) is 6. The first-order chi connectivity index (χ1) is 24.5. The molecule has 4 atom stereocenters. The van der Waals surface area contributed by atoms with Gasteiger partial charge in [-0.1, -0.05) is 58.8 Å². The van der Waals surface area contributed by atoms with Gasteiger partial charge in [-0.25, -0.2) is 0 Å². The quantitative estimate of drug-likeness (QED) is 0.110. The number of nitrogens with two attached hydrogens (primary N) is 1. The Labute approximate surface area is 299 Å². The third-order valence-electron chi connectivity index (χ3n) is 11.4. The molecule has 0 radical (unpaired) electrons. The van der Waals surface area contributed by atoms with E-state index in [1.54, 1.807) is 19.8 Å². The average Bonchev–Trinajstić information content (AvgIpc) is 3.59. The molecule has 0 amide bonds. The largest absolute Gasteiger partial charge is 0.493 e. The SMILES string of the molecule is COc1cc2c(cc1OC)C(c1ccccc1)C(CCc1cn(CCCCC3=CC4Cc5nc6cc(Cl)ccc6c(N)c5C(C3)C4)nn1)CC2. The van der Waals surface area contributed by atoms with Gasteiger partial charge in [-0.3, -0.25) is 9.67 Å². The number of halogens is 1. The van der Waals surface area contributed by atoms with Crippen LogP contribution in [0.3, 0.4) is 0 Å². The van der Waals surface area contributed by atoms with E-state index in [9.17, 15) is 0 Å². The molecule has 2 aromatic heterocycles. The van der Waals surface area contributed by atoms with E-state index in [1.165, 1.54) is 34.4 Å². The molecule has 0 aliphatic heterocycles. The lowest BCUT2D eigenvalue weighted by Crippen LogP contribution is -2.24. The van der Waals surface area contributed by atoms with Gasteiger partial charge in [0.25, 0.3) is 0 Å². The van der Waals surface area contributed by atoms with Crippen LogP contribution in [0.25, 0.3) is 10.9 Å². The monoisotopic (exact) mass is 687 g/mol. The number of benzene rings is 3. The number of pyridine rings is 1. The Hall–Kier alpha value is -4.36. The maximum absolute atomic E-state index is 6.77. The third kappa shape index (κ3) is 6.48. The van der Waals surface area contributed by atoms with E-state index in [2.05, 4.69) is 65.0 Å². The Balaban J connectivity index is 0.869. The van der Waals surface area contributed by atoms with Gasteiger partial charge in [0.2, 0.25) is 0 Å². The van der Waals surface area contributed by atoms with Gasteiger partial charge >= 0.3 is 0 Å². The van der Waals surface area contributed by atoms with E-state index < -0.39 is 0 Å². The van der Waals surface area contributed by atoms with Crippen LogP contribution in [-0.4, -0.2) is 34.2 Å². The fourth-order valence-corrected chi connectivity index (χ4v) is 9.29. The van der Waals surface area contributed by atoms with E-state index in [1.807, 2.05) is 22.9 Å². The highest BCUT2D eigenvalue weighted by atomic mass is 35.5. The number of rotatable bonds is 11. The number of hydrogen-bond donors (Lipinski definition) is 1. The van der Waals surface area contributed by atoms with Crippen molar-refractivity contribution in [2.45, 2.75) is 82.6 Å². The zero-order valence-corrected chi connectivity index (χ0v) is 29.8. The summed E-state index contributed by atoms with van der Waals surface area (Å²) in [5.74, 6) is 3.42. The van der Waals surface area contributed by atoms with Crippen LogP contribution >= 0.6 is 11.6 Å². The summed E-state index contributed by atoms with van der Waals surface area (Å²) in [7, 11) is 3.43. The lowest BCUT2D eigenvalue weighted by molar-refractivity contribution is 0.346. The molecule has 2 N–H and O–H groups in total. The van der Waals surface area contributed by atoms with Crippen LogP contribution in [-0.2, 0) is 25.8 Å². The van der Waals surface area contributed by atoms with Crippen LogP contribution in [0.5, 0.6) is 11.5 Å². The Bertz CT molecular complexity index is 2040. The highest BCUT2D eigenvalue weighted by Crippen LogP contribution is 2.48. The second-order valence-corrected chi connectivity index (χ2v) is 15.0. The molecule has 50 heavy (non-hydrogen) atoms. The van der Waals surface area contributed by atoms with E-state index in [0.717, 1.165) is 98.1 Å². The molecule has 0 saturated heterocycles. The van der Waals surface area contributed by atoms with Gasteiger partial charge in [0, 0.05) is 46.0 Å². The Morgan fingerprint density at radius 1 is 0.960 bits per heavy atom.